The highest BCUT2D eigenvalue weighted by molar-refractivity contribution is 9.10. The zero-order valence-electron chi connectivity index (χ0n) is 19.4. The van der Waals surface area contributed by atoms with Crippen LogP contribution >= 0.6 is 50.9 Å². The molecule has 0 spiro atoms. The number of carbonyl (C=O) groups is 2. The summed E-state index contributed by atoms with van der Waals surface area (Å²) in [4.78, 5) is 25.3. The third-order valence-corrected chi connectivity index (χ3v) is 7.67. The van der Waals surface area contributed by atoms with Gasteiger partial charge < -0.3 is 15.2 Å². The maximum Gasteiger partial charge on any atom is 0.253 e. The van der Waals surface area contributed by atoms with Crippen molar-refractivity contribution in [2.24, 2.45) is 0 Å². The minimum Gasteiger partial charge on any atom is -0.342 e. The normalized spacial score (nSPS) is 11.7. The van der Waals surface area contributed by atoms with Crippen LogP contribution in [0.3, 0.4) is 0 Å². The number of thioether (sulfide) groups is 1. The summed E-state index contributed by atoms with van der Waals surface area (Å²) in [5, 5.41) is 15.6. The first-order chi connectivity index (χ1) is 16.6. The summed E-state index contributed by atoms with van der Waals surface area (Å²) in [6.07, 6.45) is 1.70. The summed E-state index contributed by atoms with van der Waals surface area (Å²) in [5.74, 6) is 0.158. The van der Waals surface area contributed by atoms with E-state index in [-0.39, 0.29) is 22.6 Å². The maximum absolute atomic E-state index is 12.7. The van der Waals surface area contributed by atoms with Gasteiger partial charge in [0.15, 0.2) is 11.0 Å². The molecule has 0 aliphatic rings. The molecule has 2 aromatic carbocycles. The molecule has 0 bridgehead atoms. The summed E-state index contributed by atoms with van der Waals surface area (Å²) >= 11 is 16.8. The molecule has 0 radical (unpaired) electrons. The van der Waals surface area contributed by atoms with Crippen LogP contribution < -0.4 is 10.6 Å². The molecule has 3 aromatic rings. The van der Waals surface area contributed by atoms with Gasteiger partial charge in [-0.05, 0) is 62.2 Å². The molecule has 3 rings (SSSR count). The molecule has 1 aromatic heterocycles. The van der Waals surface area contributed by atoms with Crippen LogP contribution in [-0.2, 0) is 11.3 Å². The highest BCUT2D eigenvalue weighted by Gasteiger charge is 2.21. The molecule has 0 aliphatic carbocycles. The summed E-state index contributed by atoms with van der Waals surface area (Å²) in [6, 6.07) is 7.98. The second-order valence-electron chi connectivity index (χ2n) is 7.74. The third-order valence-electron chi connectivity index (χ3n) is 5.30. The van der Waals surface area contributed by atoms with E-state index in [1.165, 1.54) is 17.8 Å². The van der Waals surface area contributed by atoms with E-state index in [1.807, 2.05) is 30.5 Å². The van der Waals surface area contributed by atoms with Crippen LogP contribution in [0.1, 0.15) is 40.3 Å². The lowest BCUT2D eigenvalue weighted by molar-refractivity contribution is -0.113. The van der Waals surface area contributed by atoms with Crippen molar-refractivity contribution in [1.29, 1.82) is 0 Å². The zero-order chi connectivity index (χ0) is 25.7. The third kappa shape index (κ3) is 6.67. The Bertz CT molecular complexity index is 1280. The number of allylic oxidation sites excluding steroid dienone is 1. The monoisotopic (exact) mass is 595 g/mol. The average Bonchev–Trinajstić information content (AvgIpc) is 3.21. The molecule has 0 fully saturated rings. The van der Waals surface area contributed by atoms with E-state index >= 15 is 0 Å². The number of rotatable bonds is 9. The van der Waals surface area contributed by atoms with E-state index in [4.69, 9.17) is 23.2 Å². The van der Waals surface area contributed by atoms with E-state index in [0.717, 1.165) is 21.3 Å². The van der Waals surface area contributed by atoms with Gasteiger partial charge in [0.25, 0.3) is 5.91 Å². The number of benzene rings is 2. The van der Waals surface area contributed by atoms with E-state index in [0.29, 0.717) is 28.1 Å². The Morgan fingerprint density at radius 3 is 2.63 bits per heavy atom. The van der Waals surface area contributed by atoms with Gasteiger partial charge in [-0.25, -0.2) is 0 Å². The number of aromatic nitrogens is 3. The van der Waals surface area contributed by atoms with E-state index < -0.39 is 6.04 Å². The van der Waals surface area contributed by atoms with Crippen LogP contribution in [0, 0.1) is 13.8 Å². The van der Waals surface area contributed by atoms with Crippen molar-refractivity contribution >= 4 is 68.4 Å². The number of carbonyl (C=O) groups excluding carboxylic acids is 2. The molecular formula is C24H24BrCl2N5O2S. The predicted molar refractivity (Wildman–Crippen MR) is 146 cm³/mol. The molecule has 35 heavy (non-hydrogen) atoms. The Labute approximate surface area is 226 Å². The summed E-state index contributed by atoms with van der Waals surface area (Å²) < 4.78 is 2.81. The maximum atomic E-state index is 12.7. The minimum atomic E-state index is -0.474. The lowest BCUT2D eigenvalue weighted by atomic mass is 10.1. The first-order valence-corrected chi connectivity index (χ1v) is 13.1. The van der Waals surface area contributed by atoms with Crippen LogP contribution in [0.15, 0.2) is 52.6 Å². The lowest BCUT2D eigenvalue weighted by Gasteiger charge is -2.16. The molecule has 0 unspecified atom stereocenters. The Morgan fingerprint density at radius 1 is 1.20 bits per heavy atom. The smallest absolute Gasteiger partial charge is 0.253 e. The first kappa shape index (κ1) is 27.3. The average molecular weight is 597 g/mol. The van der Waals surface area contributed by atoms with Crippen LogP contribution in [0.5, 0.6) is 0 Å². The van der Waals surface area contributed by atoms with Crippen molar-refractivity contribution in [2.45, 2.75) is 38.5 Å². The second kappa shape index (κ2) is 12.1. The number of anilines is 1. The van der Waals surface area contributed by atoms with E-state index in [1.54, 1.807) is 25.1 Å². The molecule has 1 atom stereocenters. The van der Waals surface area contributed by atoms with E-state index in [9.17, 15) is 9.59 Å². The number of hydrogen-bond acceptors (Lipinski definition) is 5. The molecule has 2 N–H and O–H groups in total. The fourth-order valence-electron chi connectivity index (χ4n) is 3.28. The van der Waals surface area contributed by atoms with Crippen LogP contribution in [-0.4, -0.2) is 32.3 Å². The Balaban J connectivity index is 1.69. The van der Waals surface area contributed by atoms with Gasteiger partial charge in [-0.3, -0.25) is 9.59 Å². The van der Waals surface area contributed by atoms with E-state index in [2.05, 4.69) is 43.3 Å². The SMILES string of the molecule is C=CCn1c(SCC(=O)Nc2ccc(Br)c(C)c2C)nnc1[C@@H](C)NC(=O)c1ccc(Cl)cc1Cl. The molecule has 0 aliphatic heterocycles. The highest BCUT2D eigenvalue weighted by atomic mass is 79.9. The van der Waals surface area contributed by atoms with Gasteiger partial charge in [-0.1, -0.05) is 57.0 Å². The van der Waals surface area contributed by atoms with Crippen LogP contribution in [0.4, 0.5) is 5.69 Å². The number of hydrogen-bond donors (Lipinski definition) is 2. The Kier molecular flexibility index (Phi) is 9.40. The van der Waals surface area contributed by atoms with Crippen LogP contribution in [0.25, 0.3) is 0 Å². The van der Waals surface area contributed by atoms with Gasteiger partial charge in [0.2, 0.25) is 5.91 Å². The van der Waals surface area contributed by atoms with Gasteiger partial charge >= 0.3 is 0 Å². The highest BCUT2D eigenvalue weighted by Crippen LogP contribution is 2.27. The number of amides is 2. The Morgan fingerprint density at radius 2 is 1.94 bits per heavy atom. The molecule has 184 valence electrons. The first-order valence-electron chi connectivity index (χ1n) is 10.6. The van der Waals surface area contributed by atoms with Crippen molar-refractivity contribution in [3.05, 3.63) is 80.0 Å². The van der Waals surface area contributed by atoms with Crippen molar-refractivity contribution < 1.29 is 9.59 Å². The molecular weight excluding hydrogens is 573 g/mol. The van der Waals surface area contributed by atoms with Gasteiger partial charge in [0.1, 0.15) is 0 Å². The predicted octanol–water partition coefficient (Wildman–Crippen LogP) is 6.37. The minimum absolute atomic E-state index is 0.144. The molecule has 11 heteroatoms. The molecule has 0 saturated heterocycles. The molecule has 2 amide bonds. The van der Waals surface area contributed by atoms with Gasteiger partial charge in [-0.2, -0.15) is 0 Å². The van der Waals surface area contributed by atoms with Gasteiger partial charge in [0, 0.05) is 21.7 Å². The number of halogens is 3. The van der Waals surface area contributed by atoms with Crippen molar-refractivity contribution in [3.8, 4) is 0 Å². The van der Waals surface area contributed by atoms with Gasteiger partial charge in [0.05, 0.1) is 22.4 Å². The summed E-state index contributed by atoms with van der Waals surface area (Å²) in [6.45, 7) is 9.96. The number of nitrogens with one attached hydrogen (secondary N) is 2. The van der Waals surface area contributed by atoms with Crippen LogP contribution in [0.2, 0.25) is 10.0 Å². The zero-order valence-corrected chi connectivity index (χ0v) is 23.3. The Hall–Kier alpha value is -2.33. The fraction of sp³-hybridized carbons (Fsp3) is 0.250. The van der Waals surface area contributed by atoms with Crippen molar-refractivity contribution in [3.63, 3.8) is 0 Å². The topological polar surface area (TPSA) is 88.9 Å². The standard InChI is InChI=1S/C24H24BrCl2N5O2S/c1-5-10-32-22(15(4)28-23(34)17-7-6-16(26)11-19(17)27)30-31-24(32)35-12-21(33)29-20-9-8-18(25)13(2)14(20)3/h5-9,11,15H,1,10,12H2,2-4H3,(H,28,34)(H,29,33)/t15-/m1/s1. The second-order valence-corrected chi connectivity index (χ2v) is 10.4. The molecule has 1 heterocycles. The molecule has 7 nitrogen and oxygen atoms in total. The van der Waals surface area contributed by atoms with Crippen molar-refractivity contribution in [2.75, 3.05) is 11.1 Å². The van der Waals surface area contributed by atoms with Gasteiger partial charge in [-0.15, -0.1) is 16.8 Å². The lowest BCUT2D eigenvalue weighted by Crippen LogP contribution is -2.29. The fourth-order valence-corrected chi connectivity index (χ4v) is 4.96. The largest absolute Gasteiger partial charge is 0.342 e. The summed E-state index contributed by atoms with van der Waals surface area (Å²) in [7, 11) is 0. The van der Waals surface area contributed by atoms with Crippen molar-refractivity contribution in [1.82, 2.24) is 20.1 Å². The summed E-state index contributed by atoms with van der Waals surface area (Å²) in [5.41, 5.74) is 3.14. The number of nitrogens with zero attached hydrogens (tertiary/aromatic N) is 3. The quantitative estimate of drug-likeness (QED) is 0.221. The molecule has 0 saturated carbocycles.